The SMILES string of the molecule is O=C1CC2(CN(c3ccc(C(F)(F)F)cn3)C2)NCCN1. The second-order valence-corrected chi connectivity index (χ2v) is 5.49. The van der Waals surface area contributed by atoms with E-state index in [9.17, 15) is 18.0 Å². The fraction of sp³-hybridized carbons (Fsp3) is 0.538. The van der Waals surface area contributed by atoms with Gasteiger partial charge in [-0.05, 0) is 12.1 Å². The lowest BCUT2D eigenvalue weighted by molar-refractivity contribution is -0.137. The van der Waals surface area contributed by atoms with Gasteiger partial charge in [-0.2, -0.15) is 13.2 Å². The Kier molecular flexibility index (Phi) is 3.27. The Morgan fingerprint density at radius 1 is 1.24 bits per heavy atom. The van der Waals surface area contributed by atoms with Crippen LogP contribution in [-0.4, -0.2) is 42.6 Å². The molecule has 1 spiro atoms. The van der Waals surface area contributed by atoms with Crippen LogP contribution in [0.5, 0.6) is 0 Å². The van der Waals surface area contributed by atoms with Gasteiger partial charge in [0.1, 0.15) is 5.82 Å². The van der Waals surface area contributed by atoms with Gasteiger partial charge in [0.2, 0.25) is 5.91 Å². The maximum absolute atomic E-state index is 12.5. The largest absolute Gasteiger partial charge is 0.417 e. The highest BCUT2D eigenvalue weighted by molar-refractivity contribution is 5.78. The summed E-state index contributed by atoms with van der Waals surface area (Å²) in [5, 5.41) is 6.11. The average molecular weight is 300 g/mol. The summed E-state index contributed by atoms with van der Waals surface area (Å²) >= 11 is 0. The maximum atomic E-state index is 12.5. The summed E-state index contributed by atoms with van der Waals surface area (Å²) < 4.78 is 37.4. The summed E-state index contributed by atoms with van der Waals surface area (Å²) in [6.07, 6.45) is -3.15. The molecule has 0 atom stereocenters. The average Bonchev–Trinajstić information content (AvgIpc) is 2.58. The van der Waals surface area contributed by atoms with Crippen LogP contribution in [-0.2, 0) is 11.0 Å². The molecular formula is C13H15F3N4O. The van der Waals surface area contributed by atoms with E-state index in [1.807, 2.05) is 4.90 Å². The van der Waals surface area contributed by atoms with Crippen molar-refractivity contribution in [3.05, 3.63) is 23.9 Å². The van der Waals surface area contributed by atoms with E-state index in [4.69, 9.17) is 0 Å². The molecule has 3 rings (SSSR count). The molecule has 2 fully saturated rings. The van der Waals surface area contributed by atoms with Crippen LogP contribution >= 0.6 is 0 Å². The summed E-state index contributed by atoms with van der Waals surface area (Å²) in [6.45, 7) is 2.43. The molecule has 2 aliphatic rings. The smallest absolute Gasteiger partial charge is 0.355 e. The predicted octanol–water partition coefficient (Wildman–Crippen LogP) is 0.769. The van der Waals surface area contributed by atoms with Crippen LogP contribution in [0.1, 0.15) is 12.0 Å². The molecule has 2 aliphatic heterocycles. The third-order valence-corrected chi connectivity index (χ3v) is 3.83. The van der Waals surface area contributed by atoms with Crippen molar-refractivity contribution in [2.24, 2.45) is 0 Å². The van der Waals surface area contributed by atoms with Crippen LogP contribution in [0, 0.1) is 0 Å². The van der Waals surface area contributed by atoms with Crippen LogP contribution in [0.2, 0.25) is 0 Å². The third kappa shape index (κ3) is 2.80. The molecule has 21 heavy (non-hydrogen) atoms. The molecular weight excluding hydrogens is 285 g/mol. The van der Waals surface area contributed by atoms with E-state index in [1.54, 1.807) is 0 Å². The topological polar surface area (TPSA) is 57.3 Å². The molecule has 1 amide bonds. The van der Waals surface area contributed by atoms with Gasteiger partial charge < -0.3 is 15.5 Å². The zero-order valence-electron chi connectivity index (χ0n) is 11.2. The number of hydrogen-bond acceptors (Lipinski definition) is 4. The molecule has 1 aromatic heterocycles. The number of carbonyl (C=O) groups excluding carboxylic acids is 1. The molecule has 0 aromatic carbocycles. The van der Waals surface area contributed by atoms with Crippen molar-refractivity contribution in [3.63, 3.8) is 0 Å². The van der Waals surface area contributed by atoms with Crippen molar-refractivity contribution in [1.82, 2.24) is 15.6 Å². The zero-order valence-corrected chi connectivity index (χ0v) is 11.2. The second-order valence-electron chi connectivity index (χ2n) is 5.49. The van der Waals surface area contributed by atoms with E-state index in [0.29, 0.717) is 38.4 Å². The molecule has 0 aliphatic carbocycles. The van der Waals surface area contributed by atoms with E-state index in [1.165, 1.54) is 6.07 Å². The first-order valence-corrected chi connectivity index (χ1v) is 6.68. The molecule has 5 nitrogen and oxygen atoms in total. The van der Waals surface area contributed by atoms with Gasteiger partial charge in [-0.25, -0.2) is 4.98 Å². The Balaban J connectivity index is 1.67. The minimum atomic E-state index is -4.37. The fourth-order valence-corrected chi connectivity index (χ4v) is 2.77. The Hall–Kier alpha value is -1.83. The molecule has 1 aromatic rings. The monoisotopic (exact) mass is 300 g/mol. The Labute approximate surface area is 119 Å². The van der Waals surface area contributed by atoms with Crippen LogP contribution in [0.15, 0.2) is 18.3 Å². The summed E-state index contributed by atoms with van der Waals surface area (Å²) in [5.74, 6) is 0.500. The van der Waals surface area contributed by atoms with E-state index < -0.39 is 11.7 Å². The molecule has 2 N–H and O–H groups in total. The van der Waals surface area contributed by atoms with E-state index >= 15 is 0 Å². The highest BCUT2D eigenvalue weighted by Crippen LogP contribution is 2.32. The van der Waals surface area contributed by atoms with Gasteiger partial charge in [-0.3, -0.25) is 4.79 Å². The number of pyridine rings is 1. The van der Waals surface area contributed by atoms with Crippen LogP contribution in [0.25, 0.3) is 0 Å². The summed E-state index contributed by atoms with van der Waals surface area (Å²) in [6, 6.07) is 2.40. The van der Waals surface area contributed by atoms with Gasteiger partial charge in [-0.1, -0.05) is 0 Å². The van der Waals surface area contributed by atoms with Crippen molar-refractivity contribution in [3.8, 4) is 0 Å². The summed E-state index contributed by atoms with van der Waals surface area (Å²) in [7, 11) is 0. The highest BCUT2D eigenvalue weighted by Gasteiger charge is 2.45. The Bertz CT molecular complexity index is 537. The standard InChI is InChI=1S/C13H15F3N4O/c14-13(15,16)9-1-2-10(18-6-9)20-7-12(8-20)5-11(21)17-3-4-19-12/h1-2,6,19H,3-5,7-8H2,(H,17,21). The van der Waals surface area contributed by atoms with Gasteiger partial charge in [0, 0.05) is 38.8 Å². The van der Waals surface area contributed by atoms with Crippen molar-refractivity contribution in [2.45, 2.75) is 18.1 Å². The van der Waals surface area contributed by atoms with Crippen molar-refractivity contribution in [2.75, 3.05) is 31.1 Å². The zero-order chi connectivity index (χ0) is 15.1. The lowest BCUT2D eigenvalue weighted by Gasteiger charge is -2.50. The van der Waals surface area contributed by atoms with E-state index in [2.05, 4.69) is 15.6 Å². The minimum Gasteiger partial charge on any atom is -0.355 e. The molecule has 0 saturated carbocycles. The third-order valence-electron chi connectivity index (χ3n) is 3.83. The number of aromatic nitrogens is 1. The molecule has 0 unspecified atom stereocenters. The molecule has 3 heterocycles. The van der Waals surface area contributed by atoms with Crippen molar-refractivity contribution < 1.29 is 18.0 Å². The number of nitrogens with zero attached hydrogens (tertiary/aromatic N) is 2. The molecule has 8 heteroatoms. The summed E-state index contributed by atoms with van der Waals surface area (Å²) in [5.41, 5.74) is -1.04. The van der Waals surface area contributed by atoms with Crippen LogP contribution in [0.4, 0.5) is 19.0 Å². The van der Waals surface area contributed by atoms with E-state index in [0.717, 1.165) is 12.3 Å². The number of rotatable bonds is 1. The highest BCUT2D eigenvalue weighted by atomic mass is 19.4. The Morgan fingerprint density at radius 2 is 2.00 bits per heavy atom. The van der Waals surface area contributed by atoms with Crippen molar-refractivity contribution >= 4 is 11.7 Å². The number of halogens is 3. The van der Waals surface area contributed by atoms with E-state index in [-0.39, 0.29) is 11.4 Å². The lowest BCUT2D eigenvalue weighted by Crippen LogP contribution is -2.70. The van der Waals surface area contributed by atoms with Crippen LogP contribution in [0.3, 0.4) is 0 Å². The quantitative estimate of drug-likeness (QED) is 0.804. The first kappa shape index (κ1) is 14.1. The van der Waals surface area contributed by atoms with Gasteiger partial charge in [0.25, 0.3) is 0 Å². The normalized spacial score (nSPS) is 21.7. The molecule has 114 valence electrons. The second kappa shape index (κ2) is 4.87. The predicted molar refractivity (Wildman–Crippen MR) is 69.8 cm³/mol. The number of amides is 1. The lowest BCUT2D eigenvalue weighted by atomic mass is 9.86. The van der Waals surface area contributed by atoms with Gasteiger partial charge >= 0.3 is 6.18 Å². The molecule has 2 saturated heterocycles. The number of carbonyl (C=O) groups is 1. The van der Waals surface area contributed by atoms with Gasteiger partial charge in [0.05, 0.1) is 11.1 Å². The van der Waals surface area contributed by atoms with Crippen molar-refractivity contribution in [1.29, 1.82) is 0 Å². The molecule has 0 radical (unpaired) electrons. The summed E-state index contributed by atoms with van der Waals surface area (Å²) in [4.78, 5) is 17.3. The molecule has 0 bridgehead atoms. The number of hydrogen-bond donors (Lipinski definition) is 2. The van der Waals surface area contributed by atoms with Crippen LogP contribution < -0.4 is 15.5 Å². The van der Waals surface area contributed by atoms with Gasteiger partial charge in [0.15, 0.2) is 0 Å². The maximum Gasteiger partial charge on any atom is 0.417 e. The fourth-order valence-electron chi connectivity index (χ4n) is 2.77. The van der Waals surface area contributed by atoms with Gasteiger partial charge in [-0.15, -0.1) is 0 Å². The number of anilines is 1. The Morgan fingerprint density at radius 3 is 2.62 bits per heavy atom. The first-order chi connectivity index (χ1) is 9.88. The number of nitrogens with one attached hydrogen (secondary N) is 2. The number of alkyl halides is 3. The minimum absolute atomic E-state index is 0.0000264. The first-order valence-electron chi connectivity index (χ1n) is 6.68.